The van der Waals surface area contributed by atoms with Gasteiger partial charge in [-0.25, -0.2) is 0 Å². The van der Waals surface area contributed by atoms with E-state index in [1.165, 1.54) is 5.56 Å². The molecule has 0 bridgehead atoms. The minimum absolute atomic E-state index is 0. The second-order valence-corrected chi connectivity index (χ2v) is 6.88. The smallest absolute Gasteiger partial charge is 0.231 e. The van der Waals surface area contributed by atoms with Gasteiger partial charge in [0.25, 0.3) is 0 Å². The van der Waals surface area contributed by atoms with Gasteiger partial charge >= 0.3 is 0 Å². The lowest BCUT2D eigenvalue weighted by Crippen LogP contribution is -2.44. The highest BCUT2D eigenvalue weighted by Crippen LogP contribution is 2.36. The summed E-state index contributed by atoms with van der Waals surface area (Å²) >= 11 is 0. The lowest BCUT2D eigenvalue weighted by Gasteiger charge is -2.27. The Bertz CT molecular complexity index is 766. The first-order valence-electron chi connectivity index (χ1n) is 8.83. The summed E-state index contributed by atoms with van der Waals surface area (Å²) in [6.07, 6.45) is 2.67. The number of aromatic nitrogens is 1. The lowest BCUT2D eigenvalue weighted by atomic mass is 9.84. The van der Waals surface area contributed by atoms with Gasteiger partial charge in [-0.2, -0.15) is 0 Å². The summed E-state index contributed by atoms with van der Waals surface area (Å²) in [6, 6.07) is 12.1. The van der Waals surface area contributed by atoms with Crippen molar-refractivity contribution in [1.82, 2.24) is 15.6 Å². The molecule has 0 saturated heterocycles. The van der Waals surface area contributed by atoms with Crippen LogP contribution in [-0.2, 0) is 11.8 Å². The second kappa shape index (κ2) is 9.77. The number of guanidine groups is 1. The summed E-state index contributed by atoms with van der Waals surface area (Å²) in [6.45, 7) is 6.21. The molecule has 2 N–H and O–H groups in total. The maximum Gasteiger partial charge on any atom is 0.231 e. The Morgan fingerprint density at radius 3 is 2.70 bits per heavy atom. The number of pyridine rings is 1. The fraction of sp³-hybridized carbons (Fsp3) is 0.400. The van der Waals surface area contributed by atoms with Gasteiger partial charge < -0.3 is 20.1 Å². The third-order valence-electron chi connectivity index (χ3n) is 4.48. The number of benzene rings is 1. The molecular formula is C20H27IN4O2. The van der Waals surface area contributed by atoms with E-state index in [9.17, 15) is 0 Å². The molecule has 1 aromatic heterocycles. The maximum absolute atomic E-state index is 5.49. The van der Waals surface area contributed by atoms with E-state index in [2.05, 4.69) is 46.6 Å². The fourth-order valence-electron chi connectivity index (χ4n) is 2.80. The molecule has 0 radical (unpaired) electrons. The largest absolute Gasteiger partial charge is 0.454 e. The third kappa shape index (κ3) is 5.72. The molecule has 6 nitrogen and oxygen atoms in total. The molecule has 0 spiro atoms. The average Bonchev–Trinajstić information content (AvgIpc) is 3.13. The van der Waals surface area contributed by atoms with Crippen molar-refractivity contribution in [2.75, 3.05) is 26.9 Å². The molecule has 1 aromatic carbocycles. The van der Waals surface area contributed by atoms with Gasteiger partial charge in [-0.05, 0) is 29.8 Å². The van der Waals surface area contributed by atoms with Crippen LogP contribution in [0.15, 0.2) is 47.6 Å². The summed E-state index contributed by atoms with van der Waals surface area (Å²) in [4.78, 5) is 8.64. The van der Waals surface area contributed by atoms with Crippen LogP contribution in [0, 0.1) is 0 Å². The zero-order chi connectivity index (χ0) is 18.4. The Hall–Kier alpha value is -2.03. The van der Waals surface area contributed by atoms with E-state index in [0.717, 1.165) is 42.7 Å². The molecule has 27 heavy (non-hydrogen) atoms. The van der Waals surface area contributed by atoms with Crippen molar-refractivity contribution >= 4 is 29.9 Å². The molecule has 0 aliphatic carbocycles. The van der Waals surface area contributed by atoms with Crippen molar-refractivity contribution in [3.05, 3.63) is 53.9 Å². The number of aliphatic imine (C=N–C) groups is 1. The zero-order valence-electron chi connectivity index (χ0n) is 16.0. The Kier molecular flexibility index (Phi) is 7.70. The number of halogens is 1. The maximum atomic E-state index is 5.49. The van der Waals surface area contributed by atoms with Gasteiger partial charge in [0.2, 0.25) is 6.79 Å². The SMILES string of the molecule is CN=C(NCCc1ccccn1)NCC(C)(C)c1ccc2c(c1)OCO2.I. The lowest BCUT2D eigenvalue weighted by molar-refractivity contribution is 0.174. The van der Waals surface area contributed by atoms with E-state index in [4.69, 9.17) is 9.47 Å². The first kappa shape index (κ1) is 21.3. The molecule has 0 atom stereocenters. The normalized spacial score (nSPS) is 13.1. The molecule has 0 fully saturated rings. The van der Waals surface area contributed by atoms with E-state index >= 15 is 0 Å². The van der Waals surface area contributed by atoms with Crippen molar-refractivity contribution in [1.29, 1.82) is 0 Å². The van der Waals surface area contributed by atoms with Crippen LogP contribution in [0.3, 0.4) is 0 Å². The second-order valence-electron chi connectivity index (χ2n) is 6.88. The quantitative estimate of drug-likeness (QED) is 0.377. The van der Waals surface area contributed by atoms with Crippen molar-refractivity contribution in [2.45, 2.75) is 25.7 Å². The molecule has 0 unspecified atom stereocenters. The molecular weight excluding hydrogens is 455 g/mol. The Morgan fingerprint density at radius 1 is 1.15 bits per heavy atom. The van der Waals surface area contributed by atoms with Crippen molar-refractivity contribution in [3.8, 4) is 11.5 Å². The predicted octanol–water partition coefficient (Wildman–Crippen LogP) is 3.11. The fourth-order valence-corrected chi connectivity index (χ4v) is 2.80. The van der Waals surface area contributed by atoms with E-state index < -0.39 is 0 Å². The van der Waals surface area contributed by atoms with Gasteiger partial charge in [0.05, 0.1) is 0 Å². The summed E-state index contributed by atoms with van der Waals surface area (Å²) in [5, 5.41) is 6.75. The van der Waals surface area contributed by atoms with E-state index in [-0.39, 0.29) is 29.4 Å². The highest BCUT2D eigenvalue weighted by molar-refractivity contribution is 14.0. The molecule has 1 aliphatic rings. The minimum Gasteiger partial charge on any atom is -0.454 e. The first-order chi connectivity index (χ1) is 12.6. The van der Waals surface area contributed by atoms with Gasteiger partial charge in [0.1, 0.15) is 0 Å². The van der Waals surface area contributed by atoms with Crippen LogP contribution in [-0.4, -0.2) is 37.9 Å². The van der Waals surface area contributed by atoms with E-state index in [0.29, 0.717) is 6.79 Å². The van der Waals surface area contributed by atoms with Crippen molar-refractivity contribution in [3.63, 3.8) is 0 Å². The van der Waals surface area contributed by atoms with Crippen molar-refractivity contribution < 1.29 is 9.47 Å². The number of ether oxygens (including phenoxy) is 2. The molecule has 3 rings (SSSR count). The van der Waals surface area contributed by atoms with Gasteiger partial charge in [-0.15, -0.1) is 24.0 Å². The van der Waals surface area contributed by atoms with Crippen LogP contribution in [0.25, 0.3) is 0 Å². The van der Waals surface area contributed by atoms with Crippen LogP contribution in [0.4, 0.5) is 0 Å². The molecule has 146 valence electrons. The number of hydrogen-bond donors (Lipinski definition) is 2. The minimum atomic E-state index is -0.0837. The predicted molar refractivity (Wildman–Crippen MR) is 118 cm³/mol. The van der Waals surface area contributed by atoms with Crippen LogP contribution in [0.1, 0.15) is 25.1 Å². The zero-order valence-corrected chi connectivity index (χ0v) is 18.3. The van der Waals surface area contributed by atoms with E-state index in [1.807, 2.05) is 30.5 Å². The molecule has 1 aliphatic heterocycles. The molecule has 2 heterocycles. The number of fused-ring (bicyclic) bond motifs is 1. The Balaban J connectivity index is 0.00000261. The van der Waals surface area contributed by atoms with Crippen LogP contribution < -0.4 is 20.1 Å². The summed E-state index contributed by atoms with van der Waals surface area (Å²) in [7, 11) is 1.78. The highest BCUT2D eigenvalue weighted by atomic mass is 127. The highest BCUT2D eigenvalue weighted by Gasteiger charge is 2.24. The van der Waals surface area contributed by atoms with Gasteiger partial charge in [-0.3, -0.25) is 9.98 Å². The van der Waals surface area contributed by atoms with Crippen molar-refractivity contribution in [2.24, 2.45) is 4.99 Å². The summed E-state index contributed by atoms with van der Waals surface area (Å²) in [5.41, 5.74) is 2.17. The topological polar surface area (TPSA) is 67.8 Å². The van der Waals surface area contributed by atoms with Crippen LogP contribution in [0.5, 0.6) is 11.5 Å². The summed E-state index contributed by atoms with van der Waals surface area (Å²) in [5.74, 6) is 2.41. The number of hydrogen-bond acceptors (Lipinski definition) is 4. The Labute approximate surface area is 177 Å². The number of nitrogens with one attached hydrogen (secondary N) is 2. The Morgan fingerprint density at radius 2 is 1.96 bits per heavy atom. The van der Waals surface area contributed by atoms with Crippen LogP contribution in [0.2, 0.25) is 0 Å². The van der Waals surface area contributed by atoms with E-state index in [1.54, 1.807) is 7.05 Å². The first-order valence-corrected chi connectivity index (χ1v) is 8.83. The number of rotatable bonds is 6. The average molecular weight is 482 g/mol. The standard InChI is InChI=1S/C20H26N4O2.HI/c1-20(2,15-7-8-17-18(12-15)26-14-25-17)13-24-19(21-3)23-11-9-16-6-4-5-10-22-16;/h4-8,10,12H,9,11,13-14H2,1-3H3,(H2,21,23,24);1H. The summed E-state index contributed by atoms with van der Waals surface area (Å²) < 4.78 is 10.9. The molecule has 7 heteroatoms. The van der Waals surface area contributed by atoms with Gasteiger partial charge in [-0.1, -0.05) is 26.0 Å². The van der Waals surface area contributed by atoms with Gasteiger partial charge in [0.15, 0.2) is 17.5 Å². The molecule has 2 aromatic rings. The third-order valence-corrected chi connectivity index (χ3v) is 4.48. The molecule has 0 saturated carbocycles. The van der Waals surface area contributed by atoms with Crippen LogP contribution >= 0.6 is 24.0 Å². The molecule has 0 amide bonds. The number of nitrogens with zero attached hydrogens (tertiary/aromatic N) is 2. The van der Waals surface area contributed by atoms with Gasteiger partial charge in [0, 0.05) is 43.9 Å². The monoisotopic (exact) mass is 482 g/mol.